The second-order valence-electron chi connectivity index (χ2n) is 4.81. The molecule has 2 aromatic rings. The lowest BCUT2D eigenvalue weighted by Crippen LogP contribution is -2.01. The van der Waals surface area contributed by atoms with Crippen molar-refractivity contribution >= 4 is 15.9 Å². The molecule has 1 aliphatic carbocycles. The van der Waals surface area contributed by atoms with Crippen molar-refractivity contribution < 1.29 is 9.84 Å². The number of ether oxygens (including phenoxy) is 1. The fourth-order valence-electron chi connectivity index (χ4n) is 1.98. The van der Waals surface area contributed by atoms with Crippen LogP contribution in [0.15, 0.2) is 53.0 Å². The minimum atomic E-state index is -0.620. The van der Waals surface area contributed by atoms with Crippen LogP contribution < -0.4 is 4.74 Å². The highest BCUT2D eigenvalue weighted by Crippen LogP contribution is 2.31. The van der Waals surface area contributed by atoms with Crippen molar-refractivity contribution in [1.82, 2.24) is 0 Å². The van der Waals surface area contributed by atoms with Gasteiger partial charge in [-0.3, -0.25) is 0 Å². The van der Waals surface area contributed by atoms with Crippen LogP contribution in [0, 0.1) is 0 Å². The van der Waals surface area contributed by atoms with Gasteiger partial charge in [0.25, 0.3) is 0 Å². The topological polar surface area (TPSA) is 29.5 Å². The zero-order chi connectivity index (χ0) is 13.2. The van der Waals surface area contributed by atoms with Crippen LogP contribution in [-0.2, 0) is 0 Å². The lowest BCUT2D eigenvalue weighted by Gasteiger charge is -2.14. The normalized spacial score (nSPS) is 16.1. The van der Waals surface area contributed by atoms with Gasteiger partial charge in [0.05, 0.1) is 6.10 Å². The van der Waals surface area contributed by atoms with E-state index in [1.807, 2.05) is 48.5 Å². The van der Waals surface area contributed by atoms with Gasteiger partial charge < -0.3 is 9.84 Å². The number of rotatable bonds is 4. The standard InChI is InChI=1S/C16H15BrO2/c17-15-4-2-1-3-14(15)16(18)11-5-7-12(8-6-11)19-13-9-10-13/h1-8,13,16,18H,9-10H2. The third kappa shape index (κ3) is 2.99. The van der Waals surface area contributed by atoms with Crippen molar-refractivity contribution in [2.75, 3.05) is 0 Å². The maximum absolute atomic E-state index is 10.4. The van der Waals surface area contributed by atoms with E-state index in [0.717, 1.165) is 34.2 Å². The summed E-state index contributed by atoms with van der Waals surface area (Å²) in [4.78, 5) is 0. The van der Waals surface area contributed by atoms with Gasteiger partial charge >= 0.3 is 0 Å². The molecule has 98 valence electrons. The van der Waals surface area contributed by atoms with E-state index in [1.54, 1.807) is 0 Å². The van der Waals surface area contributed by atoms with E-state index in [2.05, 4.69) is 15.9 Å². The summed E-state index contributed by atoms with van der Waals surface area (Å²) in [6.07, 6.45) is 2.09. The van der Waals surface area contributed by atoms with Gasteiger partial charge in [-0.2, -0.15) is 0 Å². The Bertz CT molecular complexity index is 561. The monoisotopic (exact) mass is 318 g/mol. The summed E-state index contributed by atoms with van der Waals surface area (Å²) in [6.45, 7) is 0. The van der Waals surface area contributed by atoms with Crippen LogP contribution in [0.25, 0.3) is 0 Å². The molecule has 0 bridgehead atoms. The van der Waals surface area contributed by atoms with Crippen LogP contribution in [0.1, 0.15) is 30.1 Å². The zero-order valence-electron chi connectivity index (χ0n) is 10.4. The molecule has 3 rings (SSSR count). The van der Waals surface area contributed by atoms with Crippen molar-refractivity contribution in [2.45, 2.75) is 25.0 Å². The average Bonchev–Trinajstić information content (AvgIpc) is 3.23. The first-order chi connectivity index (χ1) is 9.24. The van der Waals surface area contributed by atoms with E-state index in [-0.39, 0.29) is 0 Å². The first-order valence-electron chi connectivity index (χ1n) is 6.43. The largest absolute Gasteiger partial charge is 0.490 e. The van der Waals surface area contributed by atoms with Crippen molar-refractivity contribution in [3.05, 3.63) is 64.1 Å². The molecule has 0 amide bonds. The molecule has 1 N–H and O–H groups in total. The third-order valence-corrected chi connectivity index (χ3v) is 3.94. The van der Waals surface area contributed by atoms with Crippen LogP contribution >= 0.6 is 15.9 Å². The number of aliphatic hydroxyl groups excluding tert-OH is 1. The van der Waals surface area contributed by atoms with Gasteiger partial charge in [-0.25, -0.2) is 0 Å². The van der Waals surface area contributed by atoms with Crippen LogP contribution in [0.5, 0.6) is 5.75 Å². The molecule has 3 heteroatoms. The highest BCUT2D eigenvalue weighted by molar-refractivity contribution is 9.10. The SMILES string of the molecule is OC(c1ccc(OC2CC2)cc1)c1ccccc1Br. The third-order valence-electron chi connectivity index (χ3n) is 3.22. The van der Waals surface area contributed by atoms with Gasteiger partial charge in [0.1, 0.15) is 11.9 Å². The first kappa shape index (κ1) is 12.7. The quantitative estimate of drug-likeness (QED) is 0.920. The van der Waals surface area contributed by atoms with Crippen molar-refractivity contribution in [3.63, 3.8) is 0 Å². The molecule has 0 aliphatic heterocycles. The summed E-state index contributed by atoms with van der Waals surface area (Å²) >= 11 is 3.46. The van der Waals surface area contributed by atoms with E-state index in [0.29, 0.717) is 6.10 Å². The van der Waals surface area contributed by atoms with Crippen LogP contribution in [-0.4, -0.2) is 11.2 Å². The van der Waals surface area contributed by atoms with Gasteiger partial charge in [0, 0.05) is 4.47 Å². The number of hydrogen-bond donors (Lipinski definition) is 1. The van der Waals surface area contributed by atoms with E-state index in [4.69, 9.17) is 4.74 Å². The molecule has 1 atom stereocenters. The predicted octanol–water partition coefficient (Wildman–Crippen LogP) is 4.07. The molecule has 1 unspecified atom stereocenters. The van der Waals surface area contributed by atoms with E-state index < -0.39 is 6.10 Å². The minimum Gasteiger partial charge on any atom is -0.490 e. The van der Waals surface area contributed by atoms with Crippen molar-refractivity contribution in [1.29, 1.82) is 0 Å². The lowest BCUT2D eigenvalue weighted by atomic mass is 10.0. The maximum atomic E-state index is 10.4. The van der Waals surface area contributed by atoms with E-state index in [9.17, 15) is 5.11 Å². The summed E-state index contributed by atoms with van der Waals surface area (Å²) in [5, 5.41) is 10.4. The molecule has 1 aliphatic rings. The highest BCUT2D eigenvalue weighted by atomic mass is 79.9. The zero-order valence-corrected chi connectivity index (χ0v) is 12.0. The second-order valence-corrected chi connectivity index (χ2v) is 5.66. The number of benzene rings is 2. The van der Waals surface area contributed by atoms with Gasteiger partial charge in [0.2, 0.25) is 0 Å². The molecule has 2 nitrogen and oxygen atoms in total. The Labute approximate surface area is 121 Å². The average molecular weight is 319 g/mol. The number of aliphatic hydroxyl groups is 1. The second kappa shape index (κ2) is 5.35. The molecule has 2 aromatic carbocycles. The smallest absolute Gasteiger partial charge is 0.119 e. The molecule has 1 saturated carbocycles. The highest BCUT2D eigenvalue weighted by Gasteiger charge is 2.23. The lowest BCUT2D eigenvalue weighted by molar-refractivity contribution is 0.219. The molecule has 1 fully saturated rings. The Hall–Kier alpha value is -1.32. The molecule has 0 aromatic heterocycles. The molecular formula is C16H15BrO2. The Balaban J connectivity index is 1.79. The van der Waals surface area contributed by atoms with Crippen molar-refractivity contribution in [3.8, 4) is 5.75 Å². The summed E-state index contributed by atoms with van der Waals surface area (Å²) < 4.78 is 6.62. The van der Waals surface area contributed by atoms with Crippen molar-refractivity contribution in [2.24, 2.45) is 0 Å². The Morgan fingerprint density at radius 3 is 2.37 bits per heavy atom. The van der Waals surface area contributed by atoms with Gasteiger partial charge in [-0.05, 0) is 42.2 Å². The summed E-state index contributed by atoms with van der Waals surface area (Å²) in [5.41, 5.74) is 1.74. The summed E-state index contributed by atoms with van der Waals surface area (Å²) in [5.74, 6) is 0.880. The molecule has 0 spiro atoms. The Morgan fingerprint density at radius 2 is 1.74 bits per heavy atom. The first-order valence-corrected chi connectivity index (χ1v) is 7.22. The number of hydrogen-bond acceptors (Lipinski definition) is 2. The van der Waals surface area contributed by atoms with E-state index >= 15 is 0 Å². The van der Waals surface area contributed by atoms with Gasteiger partial charge in [0.15, 0.2) is 0 Å². The van der Waals surface area contributed by atoms with Crippen LogP contribution in [0.4, 0.5) is 0 Å². The van der Waals surface area contributed by atoms with Crippen LogP contribution in [0.2, 0.25) is 0 Å². The fourth-order valence-corrected chi connectivity index (χ4v) is 2.49. The molecule has 0 saturated heterocycles. The van der Waals surface area contributed by atoms with Gasteiger partial charge in [-0.15, -0.1) is 0 Å². The molecule has 0 radical (unpaired) electrons. The summed E-state index contributed by atoms with van der Waals surface area (Å²) in [6, 6.07) is 15.4. The molecular weight excluding hydrogens is 304 g/mol. The van der Waals surface area contributed by atoms with Gasteiger partial charge in [-0.1, -0.05) is 46.3 Å². The summed E-state index contributed by atoms with van der Waals surface area (Å²) in [7, 11) is 0. The minimum absolute atomic E-state index is 0.402. The maximum Gasteiger partial charge on any atom is 0.119 e. The predicted molar refractivity (Wildman–Crippen MR) is 78.3 cm³/mol. The Morgan fingerprint density at radius 1 is 1.05 bits per heavy atom. The number of halogens is 1. The molecule has 19 heavy (non-hydrogen) atoms. The Kier molecular flexibility index (Phi) is 3.58. The van der Waals surface area contributed by atoms with Crippen LogP contribution in [0.3, 0.4) is 0 Å². The molecule has 0 heterocycles. The van der Waals surface area contributed by atoms with E-state index in [1.165, 1.54) is 0 Å². The fraction of sp³-hybridized carbons (Fsp3) is 0.250.